The Morgan fingerprint density at radius 3 is 2.71 bits per heavy atom. The Balaban J connectivity index is 1.73. The van der Waals surface area contributed by atoms with Crippen molar-refractivity contribution in [1.29, 1.82) is 0 Å². The summed E-state index contributed by atoms with van der Waals surface area (Å²) in [6.07, 6.45) is 4.22. The van der Waals surface area contributed by atoms with Crippen LogP contribution in [0.2, 0.25) is 0 Å². The fourth-order valence-corrected chi connectivity index (χ4v) is 2.50. The number of benzene rings is 1. The van der Waals surface area contributed by atoms with Crippen molar-refractivity contribution in [2.45, 2.75) is 32.4 Å². The Labute approximate surface area is 124 Å². The predicted molar refractivity (Wildman–Crippen MR) is 81.9 cm³/mol. The molecule has 0 radical (unpaired) electrons. The summed E-state index contributed by atoms with van der Waals surface area (Å²) in [5, 5.41) is 7.28. The molecule has 1 saturated carbocycles. The predicted octanol–water partition coefficient (Wildman–Crippen LogP) is 2.57. The number of nitrogens with two attached hydrogens (primary N) is 1. The van der Waals surface area contributed by atoms with Gasteiger partial charge in [0.1, 0.15) is 5.82 Å². The molecule has 0 bridgehead atoms. The van der Waals surface area contributed by atoms with E-state index in [9.17, 15) is 4.79 Å². The lowest BCUT2D eigenvalue weighted by molar-refractivity contribution is 0.102. The second-order valence-corrected chi connectivity index (χ2v) is 5.59. The molecule has 110 valence electrons. The minimum Gasteiger partial charge on any atom is -0.326 e. The van der Waals surface area contributed by atoms with Crippen molar-refractivity contribution in [2.24, 2.45) is 11.7 Å². The fraction of sp³-hybridized carbons (Fsp3) is 0.375. The third-order valence-electron chi connectivity index (χ3n) is 4.05. The molecule has 1 heterocycles. The molecule has 1 amide bonds. The first-order chi connectivity index (χ1) is 10.2. The largest absolute Gasteiger partial charge is 0.326 e. The number of carbonyl (C=O) groups is 1. The molecule has 0 saturated heterocycles. The molecule has 3 N–H and O–H groups in total. The van der Waals surface area contributed by atoms with Crippen molar-refractivity contribution in [1.82, 2.24) is 9.78 Å². The van der Waals surface area contributed by atoms with E-state index in [0.717, 1.165) is 11.4 Å². The van der Waals surface area contributed by atoms with Gasteiger partial charge in [0.05, 0.1) is 12.2 Å². The van der Waals surface area contributed by atoms with Gasteiger partial charge in [0.25, 0.3) is 5.91 Å². The summed E-state index contributed by atoms with van der Waals surface area (Å²) < 4.78 is 1.91. The number of nitrogens with one attached hydrogen (secondary N) is 1. The zero-order chi connectivity index (χ0) is 14.8. The summed E-state index contributed by atoms with van der Waals surface area (Å²) >= 11 is 0. The summed E-state index contributed by atoms with van der Waals surface area (Å²) in [6, 6.07) is 9.50. The molecule has 5 nitrogen and oxygen atoms in total. The highest BCUT2D eigenvalue weighted by atomic mass is 16.1. The van der Waals surface area contributed by atoms with Crippen LogP contribution in [0.4, 0.5) is 5.82 Å². The van der Waals surface area contributed by atoms with Gasteiger partial charge in [-0.05, 0) is 43.4 Å². The van der Waals surface area contributed by atoms with Gasteiger partial charge in [-0.15, -0.1) is 0 Å². The van der Waals surface area contributed by atoms with Crippen molar-refractivity contribution in [2.75, 3.05) is 5.32 Å². The van der Waals surface area contributed by atoms with Gasteiger partial charge in [-0.25, -0.2) is 4.68 Å². The van der Waals surface area contributed by atoms with E-state index in [-0.39, 0.29) is 5.91 Å². The molecule has 1 atom stereocenters. The number of anilines is 1. The van der Waals surface area contributed by atoms with Gasteiger partial charge in [-0.1, -0.05) is 12.1 Å². The summed E-state index contributed by atoms with van der Waals surface area (Å²) in [4.78, 5) is 12.3. The minimum absolute atomic E-state index is 0.122. The molecule has 1 aromatic heterocycles. The SMILES string of the molecule is CC(C1CC1)n1nccc1NC(=O)c1ccc(CN)cc1. The van der Waals surface area contributed by atoms with Crippen molar-refractivity contribution < 1.29 is 4.79 Å². The highest BCUT2D eigenvalue weighted by Gasteiger charge is 2.30. The summed E-state index contributed by atoms with van der Waals surface area (Å²) in [5.74, 6) is 1.31. The Kier molecular flexibility index (Phi) is 3.75. The van der Waals surface area contributed by atoms with Crippen LogP contribution in [-0.4, -0.2) is 15.7 Å². The maximum Gasteiger partial charge on any atom is 0.256 e. The van der Waals surface area contributed by atoms with Gasteiger partial charge in [-0.3, -0.25) is 4.79 Å². The van der Waals surface area contributed by atoms with Crippen LogP contribution in [-0.2, 0) is 6.54 Å². The van der Waals surface area contributed by atoms with Crippen LogP contribution in [0.1, 0.15) is 41.7 Å². The van der Waals surface area contributed by atoms with Crippen LogP contribution in [0.3, 0.4) is 0 Å². The first-order valence-corrected chi connectivity index (χ1v) is 7.33. The van der Waals surface area contributed by atoms with E-state index in [4.69, 9.17) is 5.73 Å². The lowest BCUT2D eigenvalue weighted by atomic mass is 10.1. The van der Waals surface area contributed by atoms with Gasteiger partial charge >= 0.3 is 0 Å². The first kappa shape index (κ1) is 13.8. The number of amides is 1. The molecule has 3 rings (SSSR count). The molecule has 1 unspecified atom stereocenters. The van der Waals surface area contributed by atoms with Crippen LogP contribution in [0.15, 0.2) is 36.5 Å². The quantitative estimate of drug-likeness (QED) is 0.886. The maximum atomic E-state index is 12.3. The summed E-state index contributed by atoms with van der Waals surface area (Å²) in [5.41, 5.74) is 7.20. The lowest BCUT2D eigenvalue weighted by Crippen LogP contribution is -2.18. The molecule has 1 fully saturated rings. The molecular weight excluding hydrogens is 264 g/mol. The Morgan fingerprint density at radius 2 is 2.10 bits per heavy atom. The first-order valence-electron chi connectivity index (χ1n) is 7.33. The highest BCUT2D eigenvalue weighted by molar-refractivity contribution is 6.03. The number of nitrogens with zero attached hydrogens (tertiary/aromatic N) is 2. The zero-order valence-corrected chi connectivity index (χ0v) is 12.1. The molecule has 21 heavy (non-hydrogen) atoms. The van der Waals surface area contributed by atoms with E-state index in [0.29, 0.717) is 24.1 Å². The van der Waals surface area contributed by atoms with Gasteiger partial charge in [-0.2, -0.15) is 5.10 Å². The number of hydrogen-bond acceptors (Lipinski definition) is 3. The Bertz CT molecular complexity index is 628. The lowest BCUT2D eigenvalue weighted by Gasteiger charge is -2.15. The average Bonchev–Trinajstić information content (AvgIpc) is 3.27. The molecule has 0 spiro atoms. The van der Waals surface area contributed by atoms with E-state index in [1.54, 1.807) is 18.3 Å². The van der Waals surface area contributed by atoms with E-state index < -0.39 is 0 Å². The summed E-state index contributed by atoms with van der Waals surface area (Å²) in [7, 11) is 0. The van der Waals surface area contributed by atoms with E-state index >= 15 is 0 Å². The van der Waals surface area contributed by atoms with Crippen LogP contribution in [0, 0.1) is 5.92 Å². The normalized spacial score (nSPS) is 15.7. The molecule has 1 aliphatic carbocycles. The maximum absolute atomic E-state index is 12.3. The molecule has 2 aromatic rings. The fourth-order valence-electron chi connectivity index (χ4n) is 2.50. The van der Waals surface area contributed by atoms with Gasteiger partial charge < -0.3 is 11.1 Å². The van der Waals surface area contributed by atoms with Crippen LogP contribution in [0.25, 0.3) is 0 Å². The topological polar surface area (TPSA) is 72.9 Å². The van der Waals surface area contributed by atoms with Crippen LogP contribution < -0.4 is 11.1 Å². The number of carbonyl (C=O) groups excluding carboxylic acids is 1. The standard InChI is InChI=1S/C16H20N4O/c1-11(13-6-7-13)20-15(8-9-18-20)19-16(21)14-4-2-12(10-17)3-5-14/h2-5,8-9,11,13H,6-7,10,17H2,1H3,(H,19,21). The second-order valence-electron chi connectivity index (χ2n) is 5.59. The molecule has 1 aliphatic rings. The molecule has 0 aliphatic heterocycles. The van der Waals surface area contributed by atoms with E-state index in [2.05, 4.69) is 17.3 Å². The average molecular weight is 284 g/mol. The van der Waals surface area contributed by atoms with E-state index in [1.807, 2.05) is 22.9 Å². The monoisotopic (exact) mass is 284 g/mol. The van der Waals surface area contributed by atoms with Crippen molar-refractivity contribution >= 4 is 11.7 Å². The van der Waals surface area contributed by atoms with Crippen LogP contribution in [0.5, 0.6) is 0 Å². The number of aromatic nitrogens is 2. The third kappa shape index (κ3) is 2.97. The molecule has 5 heteroatoms. The van der Waals surface area contributed by atoms with Gasteiger partial charge in [0.2, 0.25) is 0 Å². The van der Waals surface area contributed by atoms with E-state index in [1.165, 1.54) is 12.8 Å². The third-order valence-corrected chi connectivity index (χ3v) is 4.05. The Morgan fingerprint density at radius 1 is 1.38 bits per heavy atom. The Hall–Kier alpha value is -2.14. The number of rotatable bonds is 5. The van der Waals surface area contributed by atoms with Crippen molar-refractivity contribution in [3.05, 3.63) is 47.7 Å². The molecular formula is C16H20N4O. The van der Waals surface area contributed by atoms with Gasteiger partial charge in [0.15, 0.2) is 0 Å². The van der Waals surface area contributed by atoms with Crippen LogP contribution >= 0.6 is 0 Å². The van der Waals surface area contributed by atoms with Gasteiger partial charge in [0, 0.05) is 18.2 Å². The summed E-state index contributed by atoms with van der Waals surface area (Å²) in [6.45, 7) is 2.63. The minimum atomic E-state index is -0.122. The smallest absolute Gasteiger partial charge is 0.256 e. The second kappa shape index (κ2) is 5.69. The number of hydrogen-bond donors (Lipinski definition) is 2. The highest BCUT2D eigenvalue weighted by Crippen LogP contribution is 2.40. The molecule has 1 aromatic carbocycles. The van der Waals surface area contributed by atoms with Crippen molar-refractivity contribution in [3.63, 3.8) is 0 Å². The zero-order valence-electron chi connectivity index (χ0n) is 12.1. The van der Waals surface area contributed by atoms with Crippen molar-refractivity contribution in [3.8, 4) is 0 Å².